The summed E-state index contributed by atoms with van der Waals surface area (Å²) in [5.74, 6) is 1.22. The van der Waals surface area contributed by atoms with E-state index in [2.05, 4.69) is 4.98 Å². The second kappa shape index (κ2) is 6.33. The fourth-order valence-corrected chi connectivity index (χ4v) is 2.53. The Morgan fingerprint density at radius 2 is 2.24 bits per heavy atom. The maximum absolute atomic E-state index is 12.0. The summed E-state index contributed by atoms with van der Waals surface area (Å²) in [4.78, 5) is 18.2. The number of pyridine rings is 1. The molecular formula is C16H24N2O3. The molecule has 1 fully saturated rings. The number of carbonyl (C=O) groups excluding carboxylic acids is 1. The monoisotopic (exact) mass is 292 g/mol. The standard InChI is InChI=1S/C16H24N2O3/c1-16(2,3)21-15(19)18-9-7-12(11-18)10-13-14(20-4)6-5-8-17-13/h5-6,8,12H,7,9-11H2,1-4H3/t12-/m1/s1. The highest BCUT2D eigenvalue weighted by atomic mass is 16.6. The number of amides is 1. The van der Waals surface area contributed by atoms with Crippen molar-refractivity contribution in [1.82, 2.24) is 9.88 Å². The van der Waals surface area contributed by atoms with Crippen molar-refractivity contribution >= 4 is 6.09 Å². The van der Waals surface area contributed by atoms with Crippen LogP contribution >= 0.6 is 0 Å². The maximum atomic E-state index is 12.0. The number of aromatic nitrogens is 1. The molecule has 1 aliphatic rings. The number of ether oxygens (including phenoxy) is 2. The average molecular weight is 292 g/mol. The van der Waals surface area contributed by atoms with Crippen molar-refractivity contribution in [2.75, 3.05) is 20.2 Å². The topological polar surface area (TPSA) is 51.7 Å². The Balaban J connectivity index is 1.92. The zero-order chi connectivity index (χ0) is 15.5. The quantitative estimate of drug-likeness (QED) is 0.859. The molecule has 0 unspecified atom stereocenters. The van der Waals surface area contributed by atoms with Gasteiger partial charge in [0.05, 0.1) is 12.8 Å². The van der Waals surface area contributed by atoms with Gasteiger partial charge < -0.3 is 14.4 Å². The van der Waals surface area contributed by atoms with Crippen LogP contribution in [0.25, 0.3) is 0 Å². The molecule has 5 nitrogen and oxygen atoms in total. The summed E-state index contributed by atoms with van der Waals surface area (Å²) in [6, 6.07) is 3.78. The van der Waals surface area contributed by atoms with Crippen molar-refractivity contribution in [1.29, 1.82) is 0 Å². The van der Waals surface area contributed by atoms with Gasteiger partial charge in [0.2, 0.25) is 0 Å². The number of nitrogens with zero attached hydrogens (tertiary/aromatic N) is 2. The second-order valence-corrected chi connectivity index (χ2v) is 6.44. The molecule has 1 atom stereocenters. The first-order valence-corrected chi connectivity index (χ1v) is 7.35. The Morgan fingerprint density at radius 3 is 2.90 bits per heavy atom. The van der Waals surface area contributed by atoms with Gasteiger partial charge in [0, 0.05) is 19.3 Å². The first-order valence-electron chi connectivity index (χ1n) is 7.35. The maximum Gasteiger partial charge on any atom is 0.410 e. The van der Waals surface area contributed by atoms with Crippen molar-refractivity contribution in [2.45, 2.75) is 39.2 Å². The van der Waals surface area contributed by atoms with Crippen LogP contribution in [0.3, 0.4) is 0 Å². The summed E-state index contributed by atoms with van der Waals surface area (Å²) >= 11 is 0. The van der Waals surface area contributed by atoms with E-state index in [1.807, 2.05) is 32.9 Å². The minimum absolute atomic E-state index is 0.224. The highest BCUT2D eigenvalue weighted by Crippen LogP contribution is 2.25. The minimum atomic E-state index is -0.445. The molecule has 1 aromatic heterocycles. The number of likely N-dealkylation sites (tertiary alicyclic amines) is 1. The molecule has 2 rings (SSSR count). The van der Waals surface area contributed by atoms with Crippen molar-refractivity contribution in [2.24, 2.45) is 5.92 Å². The van der Waals surface area contributed by atoms with Crippen LogP contribution in [0, 0.1) is 5.92 Å². The molecule has 0 N–H and O–H groups in total. The van der Waals surface area contributed by atoms with Crippen molar-refractivity contribution in [3.63, 3.8) is 0 Å². The van der Waals surface area contributed by atoms with Crippen molar-refractivity contribution < 1.29 is 14.3 Å². The van der Waals surface area contributed by atoms with E-state index in [9.17, 15) is 4.79 Å². The Kier molecular flexibility index (Phi) is 4.70. The largest absolute Gasteiger partial charge is 0.495 e. The molecule has 0 radical (unpaired) electrons. The third-order valence-electron chi connectivity index (χ3n) is 3.49. The summed E-state index contributed by atoms with van der Waals surface area (Å²) < 4.78 is 10.7. The summed E-state index contributed by atoms with van der Waals surface area (Å²) in [5, 5.41) is 0. The van der Waals surface area contributed by atoms with Crippen LogP contribution in [0.5, 0.6) is 5.75 Å². The summed E-state index contributed by atoms with van der Waals surface area (Å²) in [5.41, 5.74) is 0.510. The molecule has 1 amide bonds. The summed E-state index contributed by atoms with van der Waals surface area (Å²) in [6.07, 6.45) is 3.35. The fourth-order valence-electron chi connectivity index (χ4n) is 2.53. The number of rotatable bonds is 3. The summed E-state index contributed by atoms with van der Waals surface area (Å²) in [7, 11) is 1.65. The molecule has 2 heterocycles. The molecule has 21 heavy (non-hydrogen) atoms. The van der Waals surface area contributed by atoms with Crippen LogP contribution in [0.2, 0.25) is 0 Å². The van der Waals surface area contributed by atoms with Gasteiger partial charge in [0.25, 0.3) is 0 Å². The van der Waals surface area contributed by atoms with Gasteiger partial charge in [-0.2, -0.15) is 0 Å². The van der Waals surface area contributed by atoms with Gasteiger partial charge in [-0.25, -0.2) is 4.79 Å². The van der Waals surface area contributed by atoms with Gasteiger partial charge in [-0.15, -0.1) is 0 Å². The summed E-state index contributed by atoms with van der Waals surface area (Å²) in [6.45, 7) is 7.12. The zero-order valence-electron chi connectivity index (χ0n) is 13.3. The van der Waals surface area contributed by atoms with E-state index in [4.69, 9.17) is 9.47 Å². The van der Waals surface area contributed by atoms with Gasteiger partial charge in [0.15, 0.2) is 0 Å². The van der Waals surface area contributed by atoms with Crippen LogP contribution in [0.4, 0.5) is 4.79 Å². The molecule has 116 valence electrons. The van der Waals surface area contributed by atoms with E-state index >= 15 is 0 Å². The lowest BCUT2D eigenvalue weighted by Crippen LogP contribution is -2.35. The van der Waals surface area contributed by atoms with Gasteiger partial charge in [-0.1, -0.05) is 0 Å². The lowest BCUT2D eigenvalue weighted by Gasteiger charge is -2.24. The van der Waals surface area contributed by atoms with Gasteiger partial charge in [-0.05, 0) is 51.7 Å². The van der Waals surface area contributed by atoms with E-state index in [1.54, 1.807) is 18.2 Å². The third kappa shape index (κ3) is 4.34. The third-order valence-corrected chi connectivity index (χ3v) is 3.49. The van der Waals surface area contributed by atoms with E-state index < -0.39 is 5.60 Å². The SMILES string of the molecule is COc1cccnc1C[C@H]1CCN(C(=O)OC(C)(C)C)C1. The highest BCUT2D eigenvalue weighted by Gasteiger charge is 2.30. The number of carbonyl (C=O) groups is 1. The van der Waals surface area contributed by atoms with E-state index in [1.165, 1.54) is 0 Å². The van der Waals surface area contributed by atoms with E-state index in [0.29, 0.717) is 12.5 Å². The molecule has 0 aromatic carbocycles. The predicted molar refractivity (Wildman–Crippen MR) is 80.4 cm³/mol. The van der Waals surface area contributed by atoms with Crippen molar-refractivity contribution in [3.05, 3.63) is 24.0 Å². The predicted octanol–water partition coefficient (Wildman–Crippen LogP) is 2.89. The molecule has 5 heteroatoms. The Morgan fingerprint density at radius 1 is 1.48 bits per heavy atom. The normalized spacial score (nSPS) is 18.7. The molecule has 1 saturated heterocycles. The molecular weight excluding hydrogens is 268 g/mol. The molecule has 1 aliphatic heterocycles. The van der Waals surface area contributed by atoms with Crippen LogP contribution in [-0.2, 0) is 11.2 Å². The number of hydrogen-bond acceptors (Lipinski definition) is 4. The molecule has 0 aliphatic carbocycles. The molecule has 1 aromatic rings. The van der Waals surface area contributed by atoms with Crippen LogP contribution in [0.1, 0.15) is 32.9 Å². The number of hydrogen-bond donors (Lipinski definition) is 0. The van der Waals surface area contributed by atoms with Crippen LogP contribution in [-0.4, -0.2) is 41.8 Å². The van der Waals surface area contributed by atoms with Gasteiger partial charge >= 0.3 is 6.09 Å². The Hall–Kier alpha value is -1.78. The first kappa shape index (κ1) is 15.6. The second-order valence-electron chi connectivity index (χ2n) is 6.44. The lowest BCUT2D eigenvalue weighted by atomic mass is 10.0. The minimum Gasteiger partial charge on any atom is -0.495 e. The highest BCUT2D eigenvalue weighted by molar-refractivity contribution is 5.68. The first-order chi connectivity index (χ1) is 9.89. The number of methoxy groups -OCH3 is 1. The average Bonchev–Trinajstić information content (AvgIpc) is 2.86. The molecule has 0 spiro atoms. The van der Waals surface area contributed by atoms with E-state index in [0.717, 1.165) is 30.8 Å². The Labute approximate surface area is 126 Å². The van der Waals surface area contributed by atoms with E-state index in [-0.39, 0.29) is 6.09 Å². The lowest BCUT2D eigenvalue weighted by molar-refractivity contribution is 0.0288. The fraction of sp³-hybridized carbons (Fsp3) is 0.625. The molecule has 0 saturated carbocycles. The Bertz CT molecular complexity index is 497. The van der Waals surface area contributed by atoms with Gasteiger partial charge in [-0.3, -0.25) is 4.98 Å². The molecule has 0 bridgehead atoms. The van der Waals surface area contributed by atoms with Crippen LogP contribution < -0.4 is 4.74 Å². The van der Waals surface area contributed by atoms with Gasteiger partial charge in [0.1, 0.15) is 11.4 Å². The van der Waals surface area contributed by atoms with Crippen molar-refractivity contribution in [3.8, 4) is 5.75 Å². The zero-order valence-corrected chi connectivity index (χ0v) is 13.3. The van der Waals surface area contributed by atoms with Crippen LogP contribution in [0.15, 0.2) is 18.3 Å². The smallest absolute Gasteiger partial charge is 0.410 e.